The van der Waals surface area contributed by atoms with Crippen LogP contribution in [0.3, 0.4) is 0 Å². The summed E-state index contributed by atoms with van der Waals surface area (Å²) in [6.45, 7) is 2.08. The van der Waals surface area contributed by atoms with Gasteiger partial charge in [-0.2, -0.15) is 0 Å². The van der Waals surface area contributed by atoms with Crippen molar-refractivity contribution in [3.63, 3.8) is 0 Å². The number of rotatable bonds is 1. The predicted molar refractivity (Wildman–Crippen MR) is 83.8 cm³/mol. The lowest BCUT2D eigenvalue weighted by Gasteiger charge is -2.22. The van der Waals surface area contributed by atoms with Gasteiger partial charge in [0.05, 0.1) is 4.70 Å². The van der Waals surface area contributed by atoms with Gasteiger partial charge in [-0.3, -0.25) is 4.79 Å². The summed E-state index contributed by atoms with van der Waals surface area (Å²) in [5.41, 5.74) is 3.70. The zero-order chi connectivity index (χ0) is 14.4. The van der Waals surface area contributed by atoms with Gasteiger partial charge in [-0.05, 0) is 54.7 Å². The Bertz CT molecular complexity index is 842. The van der Waals surface area contributed by atoms with E-state index in [0.717, 1.165) is 22.3 Å². The molecule has 0 N–H and O–H groups in total. The van der Waals surface area contributed by atoms with E-state index in [9.17, 15) is 4.79 Å². The van der Waals surface area contributed by atoms with Crippen molar-refractivity contribution in [2.45, 2.75) is 19.4 Å². The summed E-state index contributed by atoms with van der Waals surface area (Å²) in [6, 6.07) is 13.9. The number of nitrogens with zero attached hydrogens (tertiary/aromatic N) is 3. The molecular formula is C16H13N3OS. The summed E-state index contributed by atoms with van der Waals surface area (Å²) in [4.78, 5) is 14.8. The van der Waals surface area contributed by atoms with Crippen LogP contribution in [0.1, 0.15) is 22.8 Å². The molecular weight excluding hydrogens is 282 g/mol. The van der Waals surface area contributed by atoms with Crippen LogP contribution >= 0.6 is 11.5 Å². The van der Waals surface area contributed by atoms with Crippen LogP contribution in [0.4, 0.5) is 5.69 Å². The van der Waals surface area contributed by atoms with Crippen LogP contribution in [0, 0.1) is 0 Å². The number of aromatic nitrogens is 2. The van der Waals surface area contributed by atoms with Crippen molar-refractivity contribution in [1.82, 2.24) is 9.59 Å². The molecule has 3 aromatic rings. The van der Waals surface area contributed by atoms with E-state index in [2.05, 4.69) is 22.6 Å². The van der Waals surface area contributed by atoms with Crippen LogP contribution < -0.4 is 4.90 Å². The van der Waals surface area contributed by atoms with Gasteiger partial charge >= 0.3 is 0 Å². The molecule has 1 aliphatic heterocycles. The normalized spacial score (nSPS) is 17.2. The second-order valence-corrected chi connectivity index (χ2v) is 6.10. The lowest BCUT2D eigenvalue weighted by molar-refractivity contribution is 0.0981. The quantitative estimate of drug-likeness (QED) is 0.692. The average Bonchev–Trinajstić information content (AvgIpc) is 3.08. The van der Waals surface area contributed by atoms with Crippen molar-refractivity contribution in [1.29, 1.82) is 0 Å². The number of amides is 1. The van der Waals surface area contributed by atoms with Crippen LogP contribution in [0.15, 0.2) is 42.5 Å². The van der Waals surface area contributed by atoms with Crippen LogP contribution in [0.5, 0.6) is 0 Å². The second kappa shape index (κ2) is 4.63. The summed E-state index contributed by atoms with van der Waals surface area (Å²) in [7, 11) is 0. The SMILES string of the molecule is C[C@H]1Cc2ccccc2N1C(=O)c1ccc2snnc2c1. The van der Waals surface area contributed by atoms with Gasteiger partial charge in [-0.1, -0.05) is 22.7 Å². The number of hydrogen-bond donors (Lipinski definition) is 0. The number of carbonyl (C=O) groups is 1. The molecule has 0 spiro atoms. The highest BCUT2D eigenvalue weighted by atomic mass is 32.1. The monoisotopic (exact) mass is 295 g/mol. The minimum Gasteiger partial charge on any atom is -0.305 e. The van der Waals surface area contributed by atoms with E-state index in [1.807, 2.05) is 41.3 Å². The molecule has 21 heavy (non-hydrogen) atoms. The van der Waals surface area contributed by atoms with Crippen LogP contribution in [0.2, 0.25) is 0 Å². The van der Waals surface area contributed by atoms with E-state index >= 15 is 0 Å². The Morgan fingerprint density at radius 3 is 3.05 bits per heavy atom. The van der Waals surface area contributed by atoms with Gasteiger partial charge in [-0.15, -0.1) is 5.10 Å². The van der Waals surface area contributed by atoms with Gasteiger partial charge in [0.1, 0.15) is 5.52 Å². The summed E-state index contributed by atoms with van der Waals surface area (Å²) >= 11 is 1.34. The van der Waals surface area contributed by atoms with E-state index in [1.54, 1.807) is 0 Å². The minimum absolute atomic E-state index is 0.0300. The molecule has 0 radical (unpaired) electrons. The molecule has 1 aliphatic rings. The highest BCUT2D eigenvalue weighted by Gasteiger charge is 2.31. The van der Waals surface area contributed by atoms with Crippen molar-refractivity contribution in [3.8, 4) is 0 Å². The Kier molecular flexibility index (Phi) is 2.75. The van der Waals surface area contributed by atoms with Crippen LogP contribution in [0.25, 0.3) is 10.2 Å². The Morgan fingerprint density at radius 1 is 1.29 bits per heavy atom. The minimum atomic E-state index is 0.0300. The van der Waals surface area contributed by atoms with Crippen molar-refractivity contribution in [3.05, 3.63) is 53.6 Å². The van der Waals surface area contributed by atoms with Gasteiger partial charge < -0.3 is 4.90 Å². The highest BCUT2D eigenvalue weighted by Crippen LogP contribution is 2.33. The third-order valence-electron chi connectivity index (χ3n) is 3.92. The van der Waals surface area contributed by atoms with E-state index in [4.69, 9.17) is 0 Å². The first-order valence-electron chi connectivity index (χ1n) is 6.87. The van der Waals surface area contributed by atoms with Gasteiger partial charge in [-0.25, -0.2) is 0 Å². The van der Waals surface area contributed by atoms with Crippen molar-refractivity contribution in [2.75, 3.05) is 4.90 Å². The fraction of sp³-hybridized carbons (Fsp3) is 0.188. The molecule has 0 unspecified atom stereocenters. The zero-order valence-electron chi connectivity index (χ0n) is 11.5. The fourth-order valence-electron chi connectivity index (χ4n) is 2.93. The first-order valence-corrected chi connectivity index (χ1v) is 7.65. The van der Waals surface area contributed by atoms with E-state index in [1.165, 1.54) is 17.1 Å². The molecule has 4 rings (SSSR count). The largest absolute Gasteiger partial charge is 0.305 e. The number of benzene rings is 2. The standard InChI is InChI=1S/C16H13N3OS/c1-10-8-11-4-2-3-5-14(11)19(10)16(20)12-6-7-15-13(9-12)17-18-21-15/h2-7,9-10H,8H2,1H3/t10-/m0/s1. The molecule has 0 bridgehead atoms. The maximum Gasteiger partial charge on any atom is 0.258 e. The van der Waals surface area contributed by atoms with Gasteiger partial charge in [0.2, 0.25) is 0 Å². The van der Waals surface area contributed by atoms with Crippen molar-refractivity contribution < 1.29 is 4.79 Å². The van der Waals surface area contributed by atoms with E-state index in [0.29, 0.717) is 5.56 Å². The predicted octanol–water partition coefficient (Wildman–Crippen LogP) is 3.28. The lowest BCUT2D eigenvalue weighted by Crippen LogP contribution is -2.35. The first kappa shape index (κ1) is 12.5. The summed E-state index contributed by atoms with van der Waals surface area (Å²) in [5.74, 6) is 0.0300. The maximum absolute atomic E-state index is 12.9. The number of anilines is 1. The Labute approximate surface area is 126 Å². The molecule has 0 aliphatic carbocycles. The number of hydrogen-bond acceptors (Lipinski definition) is 4. The topological polar surface area (TPSA) is 46.1 Å². The molecule has 2 aromatic carbocycles. The lowest BCUT2D eigenvalue weighted by atomic mass is 10.1. The van der Waals surface area contributed by atoms with Crippen molar-refractivity contribution in [2.24, 2.45) is 0 Å². The Morgan fingerprint density at radius 2 is 2.14 bits per heavy atom. The summed E-state index contributed by atoms with van der Waals surface area (Å²) < 4.78 is 4.92. The van der Waals surface area contributed by atoms with Crippen molar-refractivity contribution >= 4 is 33.3 Å². The number of carbonyl (C=O) groups excluding carboxylic acids is 1. The molecule has 2 heterocycles. The number of para-hydroxylation sites is 1. The summed E-state index contributed by atoms with van der Waals surface area (Å²) in [5, 5.41) is 4.05. The average molecular weight is 295 g/mol. The van der Waals surface area contributed by atoms with Crippen LogP contribution in [-0.2, 0) is 6.42 Å². The maximum atomic E-state index is 12.9. The molecule has 4 nitrogen and oxygen atoms in total. The van der Waals surface area contributed by atoms with Gasteiger partial charge in [0.25, 0.3) is 5.91 Å². The summed E-state index contributed by atoms with van der Waals surface area (Å²) in [6.07, 6.45) is 0.905. The van der Waals surface area contributed by atoms with Crippen LogP contribution in [-0.4, -0.2) is 21.5 Å². The molecule has 1 aromatic heterocycles. The molecule has 0 saturated carbocycles. The highest BCUT2D eigenvalue weighted by molar-refractivity contribution is 7.12. The van der Waals surface area contributed by atoms with E-state index < -0.39 is 0 Å². The fourth-order valence-corrected chi connectivity index (χ4v) is 3.47. The second-order valence-electron chi connectivity index (χ2n) is 5.31. The molecule has 104 valence electrons. The molecule has 5 heteroatoms. The van der Waals surface area contributed by atoms with E-state index in [-0.39, 0.29) is 11.9 Å². The molecule has 1 amide bonds. The number of fused-ring (bicyclic) bond motifs is 2. The Hall–Kier alpha value is -2.27. The third-order valence-corrected chi connectivity index (χ3v) is 4.62. The molecule has 0 fully saturated rings. The molecule has 1 atom stereocenters. The van der Waals surface area contributed by atoms with Gasteiger partial charge in [0, 0.05) is 17.3 Å². The third kappa shape index (κ3) is 1.93. The molecule has 0 saturated heterocycles. The zero-order valence-corrected chi connectivity index (χ0v) is 12.3. The van der Waals surface area contributed by atoms with Gasteiger partial charge in [0.15, 0.2) is 0 Å². The smallest absolute Gasteiger partial charge is 0.258 e. The first-order chi connectivity index (χ1) is 10.2. The Balaban J connectivity index is 1.77.